The number of anilines is 2. The summed E-state index contributed by atoms with van der Waals surface area (Å²) in [6.07, 6.45) is 1.47. The van der Waals surface area contributed by atoms with Crippen LogP contribution < -0.4 is 11.1 Å². The molecule has 0 radical (unpaired) electrons. The molecule has 1 amide bonds. The fourth-order valence-corrected chi connectivity index (χ4v) is 1.51. The molecule has 0 unspecified atom stereocenters. The van der Waals surface area contributed by atoms with Crippen LogP contribution in [0.15, 0.2) is 30.5 Å². The first-order valence-corrected chi connectivity index (χ1v) is 5.22. The molecule has 0 aliphatic heterocycles. The largest absolute Gasteiger partial charge is 0.399 e. The van der Waals surface area contributed by atoms with Crippen molar-refractivity contribution in [2.45, 2.75) is 6.92 Å². The first-order valence-electron chi connectivity index (χ1n) is 5.22. The number of hydrogen-bond acceptors (Lipinski definition) is 4. The predicted octanol–water partition coefficient (Wildman–Crippen LogP) is 1.76. The summed E-state index contributed by atoms with van der Waals surface area (Å²) in [5.74, 6) is -0.948. The predicted molar refractivity (Wildman–Crippen MR) is 65.5 cm³/mol. The molecule has 0 aliphatic carbocycles. The Hall–Kier alpha value is -2.50. The molecular weight excluding hydrogens is 235 g/mol. The number of nitrogen functional groups attached to an aromatic ring is 1. The summed E-state index contributed by atoms with van der Waals surface area (Å²) in [6, 6.07) is 5.92. The van der Waals surface area contributed by atoms with Crippen LogP contribution in [0.25, 0.3) is 0 Å². The van der Waals surface area contributed by atoms with Gasteiger partial charge >= 0.3 is 0 Å². The van der Waals surface area contributed by atoms with Gasteiger partial charge in [0.2, 0.25) is 0 Å². The van der Waals surface area contributed by atoms with Crippen molar-refractivity contribution in [3.05, 3.63) is 47.4 Å². The summed E-state index contributed by atoms with van der Waals surface area (Å²) in [4.78, 5) is 11.9. The number of benzene rings is 1. The van der Waals surface area contributed by atoms with E-state index in [0.717, 1.165) is 0 Å². The van der Waals surface area contributed by atoms with Crippen LogP contribution >= 0.6 is 0 Å². The zero-order valence-corrected chi connectivity index (χ0v) is 9.64. The summed E-state index contributed by atoms with van der Waals surface area (Å²) in [5.41, 5.74) is 6.12. The van der Waals surface area contributed by atoms with Gasteiger partial charge in [-0.3, -0.25) is 4.79 Å². The van der Waals surface area contributed by atoms with E-state index in [2.05, 4.69) is 15.5 Å². The van der Waals surface area contributed by atoms with E-state index in [4.69, 9.17) is 5.73 Å². The summed E-state index contributed by atoms with van der Waals surface area (Å²) >= 11 is 0. The number of halogens is 1. The van der Waals surface area contributed by atoms with Gasteiger partial charge in [-0.25, -0.2) is 4.39 Å². The number of carbonyl (C=O) groups excluding carboxylic acids is 1. The van der Waals surface area contributed by atoms with Gasteiger partial charge in [-0.1, -0.05) is 0 Å². The second-order valence-electron chi connectivity index (χ2n) is 3.76. The van der Waals surface area contributed by atoms with Crippen LogP contribution in [0.4, 0.5) is 15.9 Å². The molecule has 1 heterocycles. The van der Waals surface area contributed by atoms with Gasteiger partial charge in [-0.05, 0) is 36.8 Å². The fraction of sp³-hybridized carbons (Fsp3) is 0.0833. The highest BCUT2D eigenvalue weighted by molar-refractivity contribution is 6.04. The third-order valence-electron chi connectivity index (χ3n) is 2.34. The molecule has 6 heteroatoms. The van der Waals surface area contributed by atoms with Crippen molar-refractivity contribution in [3.63, 3.8) is 0 Å². The van der Waals surface area contributed by atoms with Gasteiger partial charge in [0.1, 0.15) is 5.82 Å². The average molecular weight is 246 g/mol. The Balaban J connectivity index is 2.30. The summed E-state index contributed by atoms with van der Waals surface area (Å²) < 4.78 is 13.8. The zero-order chi connectivity index (χ0) is 13.1. The third-order valence-corrected chi connectivity index (χ3v) is 2.34. The van der Waals surface area contributed by atoms with Gasteiger partial charge in [-0.2, -0.15) is 5.10 Å². The molecule has 0 aliphatic rings. The second kappa shape index (κ2) is 4.79. The number of nitrogens with two attached hydrogens (primary N) is 1. The minimum absolute atomic E-state index is 0.113. The molecule has 0 saturated carbocycles. The van der Waals surface area contributed by atoms with E-state index in [1.165, 1.54) is 18.3 Å². The van der Waals surface area contributed by atoms with Crippen LogP contribution in [0.5, 0.6) is 0 Å². The maximum atomic E-state index is 13.8. The molecule has 3 N–H and O–H groups in total. The number of rotatable bonds is 2. The van der Waals surface area contributed by atoms with Crippen molar-refractivity contribution in [3.8, 4) is 0 Å². The minimum Gasteiger partial charge on any atom is -0.399 e. The van der Waals surface area contributed by atoms with Gasteiger partial charge in [0.25, 0.3) is 5.91 Å². The molecule has 5 nitrogen and oxygen atoms in total. The highest BCUT2D eigenvalue weighted by atomic mass is 19.1. The van der Waals surface area contributed by atoms with Crippen LogP contribution in [-0.2, 0) is 0 Å². The molecule has 0 spiro atoms. The monoisotopic (exact) mass is 246 g/mol. The van der Waals surface area contributed by atoms with Gasteiger partial charge in [0.05, 0.1) is 5.56 Å². The lowest BCUT2D eigenvalue weighted by molar-refractivity contribution is 0.102. The number of carbonyl (C=O) groups is 1. The Kier molecular flexibility index (Phi) is 3.18. The van der Waals surface area contributed by atoms with Crippen molar-refractivity contribution >= 4 is 17.4 Å². The Labute approximate surface area is 103 Å². The SMILES string of the molecule is Cc1cc(N)cc(C(=O)Nc2cccnn2)c1F. The summed E-state index contributed by atoms with van der Waals surface area (Å²) in [5, 5.41) is 9.73. The van der Waals surface area contributed by atoms with E-state index < -0.39 is 11.7 Å². The Morgan fingerprint density at radius 2 is 2.22 bits per heavy atom. The van der Waals surface area contributed by atoms with Crippen molar-refractivity contribution in [2.24, 2.45) is 0 Å². The number of aromatic nitrogens is 2. The van der Waals surface area contributed by atoms with E-state index in [9.17, 15) is 9.18 Å². The normalized spacial score (nSPS) is 10.1. The maximum absolute atomic E-state index is 13.8. The topological polar surface area (TPSA) is 80.9 Å². The van der Waals surface area contributed by atoms with Gasteiger partial charge in [0, 0.05) is 11.9 Å². The molecular formula is C12H11FN4O. The van der Waals surface area contributed by atoms with E-state index in [1.807, 2.05) is 0 Å². The average Bonchev–Trinajstić information content (AvgIpc) is 2.35. The minimum atomic E-state index is -0.608. The van der Waals surface area contributed by atoms with Crippen LogP contribution in [0.1, 0.15) is 15.9 Å². The summed E-state index contributed by atoms with van der Waals surface area (Å²) in [6.45, 7) is 1.55. The van der Waals surface area contributed by atoms with Crippen LogP contribution in [0, 0.1) is 12.7 Å². The molecule has 0 saturated heterocycles. The van der Waals surface area contributed by atoms with E-state index in [1.54, 1.807) is 19.1 Å². The number of nitrogens with one attached hydrogen (secondary N) is 1. The highest BCUT2D eigenvalue weighted by Crippen LogP contribution is 2.18. The van der Waals surface area contributed by atoms with Crippen molar-refractivity contribution < 1.29 is 9.18 Å². The van der Waals surface area contributed by atoms with Gasteiger partial charge in [0.15, 0.2) is 5.82 Å². The van der Waals surface area contributed by atoms with E-state index >= 15 is 0 Å². The lowest BCUT2D eigenvalue weighted by atomic mass is 10.1. The Bertz CT molecular complexity index is 586. The Morgan fingerprint density at radius 3 is 2.89 bits per heavy atom. The van der Waals surface area contributed by atoms with Crippen molar-refractivity contribution in [2.75, 3.05) is 11.1 Å². The van der Waals surface area contributed by atoms with Crippen molar-refractivity contribution in [1.82, 2.24) is 10.2 Å². The second-order valence-corrected chi connectivity index (χ2v) is 3.76. The first kappa shape index (κ1) is 12.0. The fourth-order valence-electron chi connectivity index (χ4n) is 1.51. The molecule has 1 aromatic heterocycles. The molecule has 92 valence electrons. The molecule has 2 aromatic rings. The smallest absolute Gasteiger partial charge is 0.259 e. The highest BCUT2D eigenvalue weighted by Gasteiger charge is 2.15. The number of hydrogen-bond donors (Lipinski definition) is 2. The molecule has 0 fully saturated rings. The maximum Gasteiger partial charge on any atom is 0.259 e. The Morgan fingerprint density at radius 1 is 1.44 bits per heavy atom. The van der Waals surface area contributed by atoms with Gasteiger partial charge in [-0.15, -0.1) is 5.10 Å². The molecule has 0 atom stereocenters. The quantitative estimate of drug-likeness (QED) is 0.791. The summed E-state index contributed by atoms with van der Waals surface area (Å²) in [7, 11) is 0. The van der Waals surface area contributed by atoms with Gasteiger partial charge < -0.3 is 11.1 Å². The lowest BCUT2D eigenvalue weighted by Crippen LogP contribution is -2.16. The first-order chi connectivity index (χ1) is 8.58. The molecule has 1 aromatic carbocycles. The molecule has 2 rings (SSSR count). The van der Waals surface area contributed by atoms with E-state index in [-0.39, 0.29) is 11.4 Å². The molecule has 0 bridgehead atoms. The van der Waals surface area contributed by atoms with E-state index in [0.29, 0.717) is 11.3 Å². The standard InChI is InChI=1S/C12H11FN4O/c1-7-5-8(14)6-9(11(7)13)12(18)16-10-3-2-4-15-17-10/h2-6H,14H2,1H3,(H,16,17,18). The lowest BCUT2D eigenvalue weighted by Gasteiger charge is -2.07. The van der Waals surface area contributed by atoms with Crippen LogP contribution in [0.3, 0.4) is 0 Å². The van der Waals surface area contributed by atoms with Crippen molar-refractivity contribution in [1.29, 1.82) is 0 Å². The number of amides is 1. The van der Waals surface area contributed by atoms with Crippen LogP contribution in [-0.4, -0.2) is 16.1 Å². The zero-order valence-electron chi connectivity index (χ0n) is 9.64. The number of nitrogens with zero attached hydrogens (tertiary/aromatic N) is 2. The third kappa shape index (κ3) is 2.42. The number of aryl methyl sites for hydroxylation is 1. The molecule has 18 heavy (non-hydrogen) atoms. The van der Waals surface area contributed by atoms with Crippen LogP contribution in [0.2, 0.25) is 0 Å².